The summed E-state index contributed by atoms with van der Waals surface area (Å²) in [4.78, 5) is 0. The van der Waals surface area contributed by atoms with E-state index < -0.39 is 0 Å². The first-order valence-corrected chi connectivity index (χ1v) is 5.51. The number of aliphatic hydroxyl groups is 1. The van der Waals surface area contributed by atoms with Crippen LogP contribution in [0.15, 0.2) is 24.3 Å². The zero-order chi connectivity index (χ0) is 11.4. The fourth-order valence-electron chi connectivity index (χ4n) is 1.89. The summed E-state index contributed by atoms with van der Waals surface area (Å²) >= 11 is 0. The molecule has 16 heavy (non-hydrogen) atoms. The van der Waals surface area contributed by atoms with Crippen LogP contribution in [0.2, 0.25) is 0 Å². The van der Waals surface area contributed by atoms with Gasteiger partial charge < -0.3 is 19.9 Å². The standard InChI is InChI=1S/C12H17NO3/c1-13-9(6-7-14)12-8-15-10-4-2-3-5-11(10)16-12/h2-5,9,12-14H,6-8H2,1H3/t9-,12+/m1/s1. The van der Waals surface area contributed by atoms with Gasteiger partial charge in [0.15, 0.2) is 11.5 Å². The van der Waals surface area contributed by atoms with Gasteiger partial charge in [-0.05, 0) is 25.6 Å². The van der Waals surface area contributed by atoms with Crippen LogP contribution in [0.3, 0.4) is 0 Å². The Morgan fingerprint density at radius 2 is 2.19 bits per heavy atom. The number of benzene rings is 1. The predicted molar refractivity (Wildman–Crippen MR) is 60.9 cm³/mol. The van der Waals surface area contributed by atoms with Crippen molar-refractivity contribution in [3.63, 3.8) is 0 Å². The van der Waals surface area contributed by atoms with E-state index in [2.05, 4.69) is 5.32 Å². The highest BCUT2D eigenvalue weighted by molar-refractivity contribution is 5.40. The van der Waals surface area contributed by atoms with Crippen molar-refractivity contribution in [1.29, 1.82) is 0 Å². The molecule has 4 heteroatoms. The van der Waals surface area contributed by atoms with Gasteiger partial charge >= 0.3 is 0 Å². The quantitative estimate of drug-likeness (QED) is 0.792. The fourth-order valence-corrected chi connectivity index (χ4v) is 1.89. The second kappa shape index (κ2) is 5.18. The number of ether oxygens (including phenoxy) is 2. The van der Waals surface area contributed by atoms with Gasteiger partial charge in [-0.2, -0.15) is 0 Å². The SMILES string of the molecule is CN[C@H](CCO)[C@@H]1COc2ccccc2O1. The average molecular weight is 223 g/mol. The lowest BCUT2D eigenvalue weighted by atomic mass is 10.1. The first kappa shape index (κ1) is 11.2. The Hall–Kier alpha value is -1.26. The molecule has 1 aliphatic rings. The number of hydrogen-bond donors (Lipinski definition) is 2. The first-order chi connectivity index (χ1) is 7.85. The maximum Gasteiger partial charge on any atom is 0.161 e. The van der Waals surface area contributed by atoms with Gasteiger partial charge in [0.2, 0.25) is 0 Å². The number of para-hydroxylation sites is 2. The van der Waals surface area contributed by atoms with Gasteiger partial charge in [0.05, 0.1) is 0 Å². The number of rotatable bonds is 4. The van der Waals surface area contributed by atoms with Gasteiger partial charge in [0.25, 0.3) is 0 Å². The van der Waals surface area contributed by atoms with Crippen molar-refractivity contribution in [2.75, 3.05) is 20.3 Å². The molecule has 0 radical (unpaired) electrons. The molecule has 88 valence electrons. The number of nitrogens with one attached hydrogen (secondary N) is 1. The molecule has 1 heterocycles. The minimum Gasteiger partial charge on any atom is -0.486 e. The van der Waals surface area contributed by atoms with E-state index in [0.717, 1.165) is 11.5 Å². The molecule has 0 saturated carbocycles. The fraction of sp³-hybridized carbons (Fsp3) is 0.500. The molecule has 1 aliphatic heterocycles. The summed E-state index contributed by atoms with van der Waals surface area (Å²) in [5.41, 5.74) is 0. The van der Waals surface area contributed by atoms with E-state index in [1.807, 2.05) is 31.3 Å². The number of likely N-dealkylation sites (N-methyl/N-ethyl adjacent to an activating group) is 1. The zero-order valence-corrected chi connectivity index (χ0v) is 9.35. The maximum absolute atomic E-state index is 8.96. The Kier molecular flexibility index (Phi) is 3.64. The van der Waals surface area contributed by atoms with Crippen molar-refractivity contribution in [1.82, 2.24) is 5.32 Å². The van der Waals surface area contributed by atoms with Crippen LogP contribution in [-0.2, 0) is 0 Å². The number of fused-ring (bicyclic) bond motifs is 1. The minimum absolute atomic E-state index is 0.0490. The van der Waals surface area contributed by atoms with E-state index in [1.54, 1.807) is 0 Å². The lowest BCUT2D eigenvalue weighted by Gasteiger charge is -2.31. The first-order valence-electron chi connectivity index (χ1n) is 5.51. The Labute approximate surface area is 95.2 Å². The van der Waals surface area contributed by atoms with Crippen LogP contribution in [0.5, 0.6) is 11.5 Å². The normalized spacial score (nSPS) is 20.5. The zero-order valence-electron chi connectivity index (χ0n) is 9.35. The van der Waals surface area contributed by atoms with Crippen molar-refractivity contribution in [2.24, 2.45) is 0 Å². The minimum atomic E-state index is -0.0490. The smallest absolute Gasteiger partial charge is 0.161 e. The topological polar surface area (TPSA) is 50.7 Å². The maximum atomic E-state index is 8.96. The van der Waals surface area contributed by atoms with Crippen molar-refractivity contribution >= 4 is 0 Å². The molecule has 0 aromatic heterocycles. The average Bonchev–Trinajstić information content (AvgIpc) is 2.35. The summed E-state index contributed by atoms with van der Waals surface area (Å²) in [5, 5.41) is 12.1. The Morgan fingerprint density at radius 3 is 2.88 bits per heavy atom. The van der Waals surface area contributed by atoms with E-state index >= 15 is 0 Å². The largest absolute Gasteiger partial charge is 0.486 e. The summed E-state index contributed by atoms with van der Waals surface area (Å²) in [6.45, 7) is 0.662. The lowest BCUT2D eigenvalue weighted by Crippen LogP contribution is -2.46. The van der Waals surface area contributed by atoms with Crippen molar-refractivity contribution in [2.45, 2.75) is 18.6 Å². The van der Waals surface area contributed by atoms with E-state index in [9.17, 15) is 0 Å². The lowest BCUT2D eigenvalue weighted by molar-refractivity contribution is 0.0562. The van der Waals surface area contributed by atoms with Crippen molar-refractivity contribution in [3.05, 3.63) is 24.3 Å². The van der Waals surface area contributed by atoms with Crippen molar-refractivity contribution < 1.29 is 14.6 Å². The third kappa shape index (κ3) is 2.28. The number of aliphatic hydroxyl groups excluding tert-OH is 1. The summed E-state index contributed by atoms with van der Waals surface area (Å²) in [6.07, 6.45) is 0.610. The van der Waals surface area contributed by atoms with Crippen LogP contribution in [0.25, 0.3) is 0 Å². The predicted octanol–water partition coefficient (Wildman–Crippen LogP) is 0.797. The van der Waals surface area contributed by atoms with E-state index in [1.165, 1.54) is 0 Å². The van der Waals surface area contributed by atoms with Gasteiger partial charge in [-0.25, -0.2) is 0 Å². The van der Waals surface area contributed by atoms with E-state index in [-0.39, 0.29) is 18.8 Å². The van der Waals surface area contributed by atoms with Crippen LogP contribution in [0.1, 0.15) is 6.42 Å². The molecule has 0 fully saturated rings. The van der Waals surface area contributed by atoms with E-state index in [0.29, 0.717) is 13.0 Å². The Balaban J connectivity index is 2.06. The molecule has 0 unspecified atom stereocenters. The van der Waals surface area contributed by atoms with Crippen LogP contribution in [-0.4, -0.2) is 37.5 Å². The monoisotopic (exact) mass is 223 g/mol. The molecule has 2 atom stereocenters. The highest BCUT2D eigenvalue weighted by atomic mass is 16.6. The van der Waals surface area contributed by atoms with Gasteiger partial charge in [-0.15, -0.1) is 0 Å². The summed E-state index contributed by atoms with van der Waals surface area (Å²) in [7, 11) is 1.87. The number of hydrogen-bond acceptors (Lipinski definition) is 4. The van der Waals surface area contributed by atoms with Gasteiger partial charge in [-0.1, -0.05) is 12.1 Å². The van der Waals surface area contributed by atoms with Gasteiger partial charge in [-0.3, -0.25) is 0 Å². The third-order valence-corrected chi connectivity index (χ3v) is 2.79. The molecule has 0 saturated heterocycles. The Morgan fingerprint density at radius 1 is 1.44 bits per heavy atom. The van der Waals surface area contributed by atoms with E-state index in [4.69, 9.17) is 14.6 Å². The second-order valence-electron chi connectivity index (χ2n) is 3.82. The molecule has 0 aliphatic carbocycles. The summed E-state index contributed by atoms with van der Waals surface area (Å²) < 4.78 is 11.5. The molecule has 0 bridgehead atoms. The molecule has 0 spiro atoms. The molecule has 1 aromatic carbocycles. The molecule has 1 aromatic rings. The summed E-state index contributed by atoms with van der Waals surface area (Å²) in [6, 6.07) is 7.74. The molecular weight excluding hydrogens is 206 g/mol. The van der Waals surface area contributed by atoms with Crippen LogP contribution >= 0.6 is 0 Å². The van der Waals surface area contributed by atoms with Crippen LogP contribution < -0.4 is 14.8 Å². The van der Waals surface area contributed by atoms with Gasteiger partial charge in [0.1, 0.15) is 12.7 Å². The molecular formula is C12H17NO3. The van der Waals surface area contributed by atoms with Gasteiger partial charge in [0, 0.05) is 12.6 Å². The van der Waals surface area contributed by atoms with Crippen LogP contribution in [0, 0.1) is 0 Å². The molecule has 2 N–H and O–H groups in total. The second-order valence-corrected chi connectivity index (χ2v) is 3.82. The Bertz CT molecular complexity index is 343. The highest BCUT2D eigenvalue weighted by Crippen LogP contribution is 2.31. The van der Waals surface area contributed by atoms with Crippen molar-refractivity contribution in [3.8, 4) is 11.5 Å². The van der Waals surface area contributed by atoms with Crippen LogP contribution in [0.4, 0.5) is 0 Å². The summed E-state index contributed by atoms with van der Waals surface area (Å²) in [5.74, 6) is 1.56. The molecule has 2 rings (SSSR count). The highest BCUT2D eigenvalue weighted by Gasteiger charge is 2.27. The molecule has 4 nitrogen and oxygen atoms in total. The molecule has 0 amide bonds. The third-order valence-electron chi connectivity index (χ3n) is 2.79.